The van der Waals surface area contributed by atoms with Gasteiger partial charge < -0.3 is 10.2 Å². The number of rotatable bonds is 5. The zero-order valence-corrected chi connectivity index (χ0v) is 14.4. The molecule has 0 saturated heterocycles. The number of aromatic hydroxyl groups is 2. The average Bonchev–Trinajstić information content (AvgIpc) is 2.44. The summed E-state index contributed by atoms with van der Waals surface area (Å²) in [6.45, 7) is 8.76. The van der Waals surface area contributed by atoms with E-state index in [9.17, 15) is 10.2 Å². The standard InChI is InChI=1S/C20H30O2/c1-5-6-7-15-11-18(21)20(19(22)12-15)17-10-14(4)8-9-16(17)13(2)3/h10-13,16-17,21-22H,5-9H2,1-4H3/t16-,17?/m0/s1. The highest BCUT2D eigenvalue weighted by molar-refractivity contribution is 5.51. The summed E-state index contributed by atoms with van der Waals surface area (Å²) in [5.41, 5.74) is 3.10. The first-order valence-corrected chi connectivity index (χ1v) is 8.66. The van der Waals surface area contributed by atoms with Gasteiger partial charge in [0.1, 0.15) is 11.5 Å². The van der Waals surface area contributed by atoms with Gasteiger partial charge in [0.15, 0.2) is 0 Å². The molecule has 0 radical (unpaired) electrons. The number of aryl methyl sites for hydroxylation is 1. The number of hydrogen-bond acceptors (Lipinski definition) is 2. The molecule has 1 aromatic carbocycles. The second-order valence-electron chi connectivity index (χ2n) is 7.14. The average molecular weight is 302 g/mol. The lowest BCUT2D eigenvalue weighted by molar-refractivity contribution is 0.304. The third-order valence-corrected chi connectivity index (χ3v) is 5.00. The Bertz CT molecular complexity index is 520. The van der Waals surface area contributed by atoms with Crippen molar-refractivity contribution in [2.45, 2.75) is 65.7 Å². The number of phenolic OH excluding ortho intramolecular Hbond substituents is 2. The molecule has 122 valence electrons. The normalized spacial score (nSPS) is 22.0. The van der Waals surface area contributed by atoms with Crippen molar-refractivity contribution in [3.8, 4) is 11.5 Å². The van der Waals surface area contributed by atoms with E-state index in [1.807, 2.05) is 12.1 Å². The zero-order chi connectivity index (χ0) is 16.3. The Morgan fingerprint density at radius 2 is 1.82 bits per heavy atom. The van der Waals surface area contributed by atoms with E-state index in [1.165, 1.54) is 5.57 Å². The number of allylic oxidation sites excluding steroid dienone is 2. The topological polar surface area (TPSA) is 40.5 Å². The summed E-state index contributed by atoms with van der Waals surface area (Å²) in [5, 5.41) is 21.0. The van der Waals surface area contributed by atoms with Crippen molar-refractivity contribution >= 4 is 0 Å². The molecule has 0 aliphatic heterocycles. The highest BCUT2D eigenvalue weighted by Crippen LogP contribution is 2.46. The van der Waals surface area contributed by atoms with E-state index in [2.05, 4.69) is 33.8 Å². The maximum Gasteiger partial charge on any atom is 0.123 e. The van der Waals surface area contributed by atoms with Crippen LogP contribution in [0.25, 0.3) is 0 Å². The minimum atomic E-state index is 0.119. The van der Waals surface area contributed by atoms with Gasteiger partial charge in [-0.2, -0.15) is 0 Å². The molecule has 0 bridgehead atoms. The number of unbranched alkanes of at least 4 members (excludes halogenated alkanes) is 1. The molecule has 1 aliphatic rings. The SMILES string of the molecule is CCCCc1cc(O)c(C2C=C(C)CC[C@H]2C(C)C)c(O)c1. The third-order valence-electron chi connectivity index (χ3n) is 5.00. The maximum atomic E-state index is 10.5. The summed E-state index contributed by atoms with van der Waals surface area (Å²) in [6, 6.07) is 3.69. The van der Waals surface area contributed by atoms with Crippen molar-refractivity contribution in [1.29, 1.82) is 0 Å². The summed E-state index contributed by atoms with van der Waals surface area (Å²) in [5.74, 6) is 1.64. The van der Waals surface area contributed by atoms with Crippen LogP contribution in [0.5, 0.6) is 11.5 Å². The van der Waals surface area contributed by atoms with Crippen LogP contribution in [0.2, 0.25) is 0 Å². The second-order valence-corrected chi connectivity index (χ2v) is 7.14. The number of phenols is 2. The summed E-state index contributed by atoms with van der Waals surface area (Å²) in [7, 11) is 0. The molecule has 2 N–H and O–H groups in total. The molecular weight excluding hydrogens is 272 g/mol. The molecule has 2 heteroatoms. The van der Waals surface area contributed by atoms with Crippen molar-refractivity contribution < 1.29 is 10.2 Å². The first-order valence-electron chi connectivity index (χ1n) is 8.66. The Labute approximate surface area is 134 Å². The highest BCUT2D eigenvalue weighted by Gasteiger charge is 2.31. The summed E-state index contributed by atoms with van der Waals surface area (Å²) < 4.78 is 0. The predicted octanol–water partition coefficient (Wildman–Crippen LogP) is 5.54. The molecule has 2 atom stereocenters. The van der Waals surface area contributed by atoms with Gasteiger partial charge in [0.2, 0.25) is 0 Å². The lowest BCUT2D eigenvalue weighted by Crippen LogP contribution is -2.21. The van der Waals surface area contributed by atoms with Gasteiger partial charge in [-0.15, -0.1) is 0 Å². The Balaban J connectivity index is 2.39. The van der Waals surface area contributed by atoms with E-state index in [0.29, 0.717) is 11.8 Å². The fourth-order valence-electron chi connectivity index (χ4n) is 3.68. The number of hydrogen-bond donors (Lipinski definition) is 2. The molecule has 1 aromatic rings. The van der Waals surface area contributed by atoms with Crippen LogP contribution in [0, 0.1) is 11.8 Å². The smallest absolute Gasteiger partial charge is 0.123 e. The molecule has 22 heavy (non-hydrogen) atoms. The Morgan fingerprint density at radius 3 is 2.36 bits per heavy atom. The van der Waals surface area contributed by atoms with E-state index in [0.717, 1.165) is 43.2 Å². The molecule has 2 nitrogen and oxygen atoms in total. The summed E-state index contributed by atoms with van der Waals surface area (Å²) in [4.78, 5) is 0. The second kappa shape index (κ2) is 7.21. The van der Waals surface area contributed by atoms with Gasteiger partial charge in [-0.25, -0.2) is 0 Å². The van der Waals surface area contributed by atoms with Gasteiger partial charge >= 0.3 is 0 Å². The Kier molecular flexibility index (Phi) is 5.55. The van der Waals surface area contributed by atoms with Gasteiger partial charge in [-0.3, -0.25) is 0 Å². The van der Waals surface area contributed by atoms with E-state index >= 15 is 0 Å². The first kappa shape index (κ1) is 16.9. The summed E-state index contributed by atoms with van der Waals surface area (Å²) in [6.07, 6.45) is 7.59. The molecule has 0 amide bonds. The van der Waals surface area contributed by atoms with Crippen LogP contribution in [0.3, 0.4) is 0 Å². The molecule has 0 spiro atoms. The lowest BCUT2D eigenvalue weighted by Gasteiger charge is -2.33. The van der Waals surface area contributed by atoms with Gasteiger partial charge in [-0.05, 0) is 62.1 Å². The Morgan fingerprint density at radius 1 is 1.18 bits per heavy atom. The monoisotopic (exact) mass is 302 g/mol. The van der Waals surface area contributed by atoms with Gasteiger partial charge in [0.05, 0.1) is 0 Å². The van der Waals surface area contributed by atoms with Crippen molar-refractivity contribution in [3.63, 3.8) is 0 Å². The van der Waals surface area contributed by atoms with Crippen molar-refractivity contribution in [1.82, 2.24) is 0 Å². The summed E-state index contributed by atoms with van der Waals surface area (Å²) >= 11 is 0. The largest absolute Gasteiger partial charge is 0.507 e. The van der Waals surface area contributed by atoms with Crippen LogP contribution < -0.4 is 0 Å². The molecule has 0 heterocycles. The minimum absolute atomic E-state index is 0.119. The van der Waals surface area contributed by atoms with Crippen molar-refractivity contribution in [2.75, 3.05) is 0 Å². The number of benzene rings is 1. The predicted molar refractivity (Wildman–Crippen MR) is 92.4 cm³/mol. The maximum absolute atomic E-state index is 10.5. The van der Waals surface area contributed by atoms with Gasteiger partial charge in [0.25, 0.3) is 0 Å². The van der Waals surface area contributed by atoms with Gasteiger partial charge in [-0.1, -0.05) is 38.8 Å². The molecule has 1 aliphatic carbocycles. The van der Waals surface area contributed by atoms with E-state index in [1.54, 1.807) is 0 Å². The highest BCUT2D eigenvalue weighted by atomic mass is 16.3. The van der Waals surface area contributed by atoms with Crippen LogP contribution in [-0.4, -0.2) is 10.2 Å². The molecule has 0 fully saturated rings. The zero-order valence-electron chi connectivity index (χ0n) is 14.4. The van der Waals surface area contributed by atoms with E-state index < -0.39 is 0 Å². The van der Waals surface area contributed by atoms with Crippen LogP contribution in [0.1, 0.15) is 70.4 Å². The third kappa shape index (κ3) is 3.66. The molecule has 2 rings (SSSR count). The van der Waals surface area contributed by atoms with Crippen molar-refractivity contribution in [2.24, 2.45) is 11.8 Å². The quantitative estimate of drug-likeness (QED) is 0.701. The molecule has 0 saturated carbocycles. The lowest BCUT2D eigenvalue weighted by atomic mass is 9.71. The van der Waals surface area contributed by atoms with E-state index in [-0.39, 0.29) is 17.4 Å². The minimum Gasteiger partial charge on any atom is -0.507 e. The fourth-order valence-corrected chi connectivity index (χ4v) is 3.68. The molecule has 1 unspecified atom stereocenters. The molecular formula is C20H30O2. The Hall–Kier alpha value is -1.44. The van der Waals surface area contributed by atoms with Crippen LogP contribution in [0.4, 0.5) is 0 Å². The fraction of sp³-hybridized carbons (Fsp3) is 0.600. The van der Waals surface area contributed by atoms with E-state index in [4.69, 9.17) is 0 Å². The molecule has 0 aromatic heterocycles. The van der Waals surface area contributed by atoms with Crippen LogP contribution in [0.15, 0.2) is 23.8 Å². The van der Waals surface area contributed by atoms with Crippen LogP contribution >= 0.6 is 0 Å². The van der Waals surface area contributed by atoms with Gasteiger partial charge in [0, 0.05) is 11.5 Å². The first-order chi connectivity index (χ1) is 10.4. The van der Waals surface area contributed by atoms with Crippen LogP contribution in [-0.2, 0) is 6.42 Å². The van der Waals surface area contributed by atoms with Crippen molar-refractivity contribution in [3.05, 3.63) is 34.9 Å².